The molecule has 1 N–H and O–H groups in total. The van der Waals surface area contributed by atoms with Crippen LogP contribution in [-0.2, 0) is 6.61 Å². The van der Waals surface area contributed by atoms with Gasteiger partial charge >= 0.3 is 0 Å². The minimum Gasteiger partial charge on any atom is -0.507 e. The molecule has 0 radical (unpaired) electrons. The number of phenolic OH excluding ortho intramolecular Hbond substituents is 1. The van der Waals surface area contributed by atoms with Gasteiger partial charge in [-0.3, -0.25) is 0 Å². The Balaban J connectivity index is 2.08. The van der Waals surface area contributed by atoms with Crippen molar-refractivity contribution in [3.63, 3.8) is 0 Å². The van der Waals surface area contributed by atoms with Gasteiger partial charge in [0, 0.05) is 5.56 Å². The van der Waals surface area contributed by atoms with Crippen molar-refractivity contribution in [3.8, 4) is 11.5 Å². The Kier molecular flexibility index (Phi) is 4.02. The number of hydrogen-bond acceptors (Lipinski definition) is 2. The number of aromatic hydroxyl groups is 1. The van der Waals surface area contributed by atoms with Crippen LogP contribution in [-0.4, -0.2) is 5.11 Å². The number of rotatable bonds is 4. The van der Waals surface area contributed by atoms with Crippen molar-refractivity contribution in [2.45, 2.75) is 13.5 Å². The zero-order valence-electron chi connectivity index (χ0n) is 10.3. The summed E-state index contributed by atoms with van der Waals surface area (Å²) in [6.45, 7) is 2.44. The average Bonchev–Trinajstić information content (AvgIpc) is 2.41. The van der Waals surface area contributed by atoms with E-state index in [9.17, 15) is 5.11 Å². The fraction of sp³-hybridized carbons (Fsp3) is 0.125. The first-order valence-electron chi connectivity index (χ1n) is 5.92. The summed E-state index contributed by atoms with van der Waals surface area (Å²) in [5.41, 5.74) is 1.89. The van der Waals surface area contributed by atoms with Gasteiger partial charge in [0.2, 0.25) is 0 Å². The van der Waals surface area contributed by atoms with Crippen LogP contribution in [0.1, 0.15) is 18.1 Å². The van der Waals surface area contributed by atoms with Gasteiger partial charge in [0.25, 0.3) is 0 Å². The number of allylic oxidation sites excluding steroid dienone is 1. The van der Waals surface area contributed by atoms with E-state index >= 15 is 0 Å². The van der Waals surface area contributed by atoms with E-state index in [4.69, 9.17) is 4.74 Å². The van der Waals surface area contributed by atoms with Crippen molar-refractivity contribution in [1.29, 1.82) is 0 Å². The SMILES string of the molecule is C/C=C\c1cc(OCc2ccccc2)ccc1O. The van der Waals surface area contributed by atoms with Crippen LogP contribution in [0.15, 0.2) is 54.6 Å². The molecule has 2 nitrogen and oxygen atoms in total. The Labute approximate surface area is 107 Å². The summed E-state index contributed by atoms with van der Waals surface area (Å²) in [5, 5.41) is 9.64. The third kappa shape index (κ3) is 3.14. The largest absolute Gasteiger partial charge is 0.507 e. The molecule has 0 amide bonds. The van der Waals surface area contributed by atoms with E-state index in [0.717, 1.165) is 16.9 Å². The maximum Gasteiger partial charge on any atom is 0.123 e. The molecule has 0 saturated heterocycles. The molecule has 0 spiro atoms. The molecule has 2 rings (SSSR count). The van der Waals surface area contributed by atoms with Crippen molar-refractivity contribution < 1.29 is 9.84 Å². The second kappa shape index (κ2) is 5.92. The Hall–Kier alpha value is -2.22. The Morgan fingerprint density at radius 1 is 1.11 bits per heavy atom. The highest BCUT2D eigenvalue weighted by atomic mass is 16.5. The van der Waals surface area contributed by atoms with Crippen LogP contribution in [0.3, 0.4) is 0 Å². The van der Waals surface area contributed by atoms with E-state index in [1.165, 1.54) is 0 Å². The maximum absolute atomic E-state index is 9.64. The van der Waals surface area contributed by atoms with E-state index in [0.29, 0.717) is 6.61 Å². The molecule has 0 aromatic heterocycles. The molecule has 0 aliphatic carbocycles. The highest BCUT2D eigenvalue weighted by molar-refractivity contribution is 5.58. The first-order valence-corrected chi connectivity index (χ1v) is 5.92. The van der Waals surface area contributed by atoms with E-state index in [2.05, 4.69) is 0 Å². The van der Waals surface area contributed by atoms with Crippen molar-refractivity contribution in [2.24, 2.45) is 0 Å². The van der Waals surface area contributed by atoms with Crippen LogP contribution in [0.2, 0.25) is 0 Å². The van der Waals surface area contributed by atoms with E-state index in [1.54, 1.807) is 12.1 Å². The monoisotopic (exact) mass is 240 g/mol. The fourth-order valence-corrected chi connectivity index (χ4v) is 1.68. The van der Waals surface area contributed by atoms with E-state index in [1.807, 2.05) is 55.5 Å². The molecule has 18 heavy (non-hydrogen) atoms. The molecule has 0 fully saturated rings. The highest BCUT2D eigenvalue weighted by Crippen LogP contribution is 2.24. The van der Waals surface area contributed by atoms with Crippen molar-refractivity contribution in [3.05, 3.63) is 65.7 Å². The summed E-state index contributed by atoms with van der Waals surface area (Å²) in [7, 11) is 0. The molecule has 0 atom stereocenters. The first-order chi connectivity index (χ1) is 8.79. The number of hydrogen-bond donors (Lipinski definition) is 1. The van der Waals surface area contributed by atoms with Gasteiger partial charge in [0.15, 0.2) is 0 Å². The zero-order valence-corrected chi connectivity index (χ0v) is 10.3. The summed E-state index contributed by atoms with van der Waals surface area (Å²) in [6, 6.07) is 15.2. The molecule has 0 heterocycles. The second-order valence-corrected chi connectivity index (χ2v) is 3.99. The van der Waals surface area contributed by atoms with Gasteiger partial charge in [0.1, 0.15) is 18.1 Å². The lowest BCUT2D eigenvalue weighted by Gasteiger charge is -2.08. The van der Waals surface area contributed by atoms with Crippen LogP contribution in [0.4, 0.5) is 0 Å². The predicted octanol–water partition coefficient (Wildman–Crippen LogP) is 4.00. The first kappa shape index (κ1) is 12.2. The lowest BCUT2D eigenvalue weighted by atomic mass is 10.2. The summed E-state index contributed by atoms with van der Waals surface area (Å²) in [5.74, 6) is 1.02. The molecular weight excluding hydrogens is 224 g/mol. The lowest BCUT2D eigenvalue weighted by Crippen LogP contribution is -1.95. The highest BCUT2D eigenvalue weighted by Gasteiger charge is 2.01. The molecule has 2 aromatic carbocycles. The fourth-order valence-electron chi connectivity index (χ4n) is 1.68. The van der Waals surface area contributed by atoms with Crippen molar-refractivity contribution >= 4 is 6.08 Å². The molecule has 2 heteroatoms. The summed E-state index contributed by atoms with van der Waals surface area (Å²) in [6.07, 6.45) is 3.74. The summed E-state index contributed by atoms with van der Waals surface area (Å²) in [4.78, 5) is 0. The Bertz CT molecular complexity index is 530. The Morgan fingerprint density at radius 2 is 1.89 bits per heavy atom. The zero-order chi connectivity index (χ0) is 12.8. The second-order valence-electron chi connectivity index (χ2n) is 3.99. The minimum atomic E-state index is 0.264. The van der Waals surface area contributed by atoms with Crippen molar-refractivity contribution in [1.82, 2.24) is 0 Å². The normalized spacial score (nSPS) is 10.7. The summed E-state index contributed by atoms with van der Waals surface area (Å²) >= 11 is 0. The van der Waals surface area contributed by atoms with Gasteiger partial charge in [-0.2, -0.15) is 0 Å². The molecule has 2 aromatic rings. The third-order valence-electron chi connectivity index (χ3n) is 2.59. The molecule has 0 aliphatic rings. The number of benzene rings is 2. The quantitative estimate of drug-likeness (QED) is 0.875. The predicted molar refractivity (Wildman–Crippen MR) is 73.6 cm³/mol. The molecule has 0 aliphatic heterocycles. The van der Waals surface area contributed by atoms with Crippen LogP contribution in [0.5, 0.6) is 11.5 Å². The van der Waals surface area contributed by atoms with Crippen molar-refractivity contribution in [2.75, 3.05) is 0 Å². The van der Waals surface area contributed by atoms with Gasteiger partial charge < -0.3 is 9.84 Å². The number of ether oxygens (including phenoxy) is 1. The average molecular weight is 240 g/mol. The van der Waals surface area contributed by atoms with Gasteiger partial charge in [-0.05, 0) is 30.7 Å². The van der Waals surface area contributed by atoms with E-state index < -0.39 is 0 Å². The molecule has 92 valence electrons. The Morgan fingerprint density at radius 3 is 2.61 bits per heavy atom. The standard InChI is InChI=1S/C16H16O2/c1-2-6-14-11-15(9-10-16(14)17)18-12-13-7-4-3-5-8-13/h2-11,17H,12H2,1H3/b6-2-. The summed E-state index contributed by atoms with van der Waals surface area (Å²) < 4.78 is 5.69. The van der Waals surface area contributed by atoms with Gasteiger partial charge in [0.05, 0.1) is 0 Å². The van der Waals surface area contributed by atoms with Gasteiger partial charge in [-0.15, -0.1) is 0 Å². The van der Waals surface area contributed by atoms with Crippen LogP contribution in [0.25, 0.3) is 6.08 Å². The van der Waals surface area contributed by atoms with Crippen LogP contribution >= 0.6 is 0 Å². The molecule has 0 unspecified atom stereocenters. The van der Waals surface area contributed by atoms with Gasteiger partial charge in [-0.25, -0.2) is 0 Å². The lowest BCUT2D eigenvalue weighted by molar-refractivity contribution is 0.305. The van der Waals surface area contributed by atoms with E-state index in [-0.39, 0.29) is 5.75 Å². The molecule has 0 bridgehead atoms. The van der Waals surface area contributed by atoms with Crippen LogP contribution in [0, 0.1) is 0 Å². The smallest absolute Gasteiger partial charge is 0.123 e. The molecule has 0 saturated carbocycles. The third-order valence-corrected chi connectivity index (χ3v) is 2.59. The topological polar surface area (TPSA) is 29.5 Å². The van der Waals surface area contributed by atoms with Crippen LogP contribution < -0.4 is 4.74 Å². The minimum absolute atomic E-state index is 0.264. The molecular formula is C16H16O2. The van der Waals surface area contributed by atoms with Gasteiger partial charge in [-0.1, -0.05) is 42.5 Å². The maximum atomic E-state index is 9.64. The number of phenols is 1.